The van der Waals surface area contributed by atoms with Crippen molar-refractivity contribution < 1.29 is 12.8 Å². The predicted molar refractivity (Wildman–Crippen MR) is 78.6 cm³/mol. The Hall–Kier alpha value is -1.29. The summed E-state index contributed by atoms with van der Waals surface area (Å²) in [7, 11) is -3.64. The van der Waals surface area contributed by atoms with E-state index in [-0.39, 0.29) is 11.1 Å². The second-order valence-electron chi connectivity index (χ2n) is 4.53. The molecule has 112 valence electrons. The lowest BCUT2D eigenvalue weighted by molar-refractivity contribution is 0.397. The second kappa shape index (κ2) is 8.10. The second-order valence-corrected chi connectivity index (χ2v) is 6.18. The summed E-state index contributed by atoms with van der Waals surface area (Å²) in [6, 6.07) is 2.87. The van der Waals surface area contributed by atoms with Crippen molar-refractivity contribution in [3.63, 3.8) is 0 Å². The molecule has 0 amide bonds. The Morgan fingerprint density at radius 2 is 2.15 bits per heavy atom. The van der Waals surface area contributed by atoms with Gasteiger partial charge in [0.15, 0.2) is 0 Å². The third-order valence-corrected chi connectivity index (χ3v) is 4.20. The molecule has 0 radical (unpaired) electrons. The maximum atomic E-state index is 12.1. The van der Waals surface area contributed by atoms with Crippen LogP contribution in [0, 0.1) is 12.3 Å². The predicted octanol–water partition coefficient (Wildman–Crippen LogP) is 1.86. The summed E-state index contributed by atoms with van der Waals surface area (Å²) in [5.41, 5.74) is 0. The van der Waals surface area contributed by atoms with E-state index < -0.39 is 10.0 Å². The van der Waals surface area contributed by atoms with Crippen molar-refractivity contribution in [2.45, 2.75) is 50.8 Å². The Bertz CT molecular complexity index is 543. The summed E-state index contributed by atoms with van der Waals surface area (Å²) in [4.78, 5) is 0. The van der Waals surface area contributed by atoms with E-state index in [1.54, 1.807) is 6.07 Å². The third-order valence-electron chi connectivity index (χ3n) is 2.81. The summed E-state index contributed by atoms with van der Waals surface area (Å²) in [6.07, 6.45) is 7.23. The van der Waals surface area contributed by atoms with E-state index in [2.05, 4.69) is 22.9 Å². The molecule has 0 aliphatic heterocycles. The molecule has 1 atom stereocenters. The first-order valence-corrected chi connectivity index (χ1v) is 8.27. The molecular formula is C14H22N2O3S. The van der Waals surface area contributed by atoms with Crippen molar-refractivity contribution in [2.24, 2.45) is 0 Å². The molecule has 5 nitrogen and oxygen atoms in total. The van der Waals surface area contributed by atoms with Gasteiger partial charge in [-0.1, -0.05) is 13.8 Å². The highest BCUT2D eigenvalue weighted by Crippen LogP contribution is 2.15. The van der Waals surface area contributed by atoms with Gasteiger partial charge in [-0.25, -0.2) is 13.1 Å². The lowest BCUT2D eigenvalue weighted by Gasteiger charge is -2.12. The van der Waals surface area contributed by atoms with Gasteiger partial charge in [-0.15, -0.1) is 12.3 Å². The Kier molecular flexibility index (Phi) is 6.79. The molecule has 0 aromatic carbocycles. The number of hydrogen-bond donors (Lipinski definition) is 2. The first kappa shape index (κ1) is 16.8. The van der Waals surface area contributed by atoms with Gasteiger partial charge in [-0.2, -0.15) is 0 Å². The molecule has 0 saturated heterocycles. The van der Waals surface area contributed by atoms with Gasteiger partial charge in [0.2, 0.25) is 5.09 Å². The van der Waals surface area contributed by atoms with Crippen LogP contribution in [0.15, 0.2) is 21.6 Å². The van der Waals surface area contributed by atoms with Crippen LogP contribution in [0.5, 0.6) is 0 Å². The van der Waals surface area contributed by atoms with Crippen molar-refractivity contribution in [1.82, 2.24) is 10.0 Å². The SMILES string of the molecule is C#CCC(CC)NS(=O)(=O)c1ccc(CNCCC)o1. The van der Waals surface area contributed by atoms with Gasteiger partial charge in [0.1, 0.15) is 5.76 Å². The van der Waals surface area contributed by atoms with Crippen LogP contribution in [0.3, 0.4) is 0 Å². The quantitative estimate of drug-likeness (QED) is 0.539. The van der Waals surface area contributed by atoms with E-state index in [1.165, 1.54) is 6.07 Å². The fourth-order valence-electron chi connectivity index (χ4n) is 1.68. The summed E-state index contributed by atoms with van der Waals surface area (Å²) >= 11 is 0. The topological polar surface area (TPSA) is 71.3 Å². The monoisotopic (exact) mass is 298 g/mol. The number of furan rings is 1. The van der Waals surface area contributed by atoms with Crippen molar-refractivity contribution in [3.8, 4) is 12.3 Å². The fourth-order valence-corrected chi connectivity index (χ4v) is 2.94. The number of terminal acetylenes is 1. The van der Waals surface area contributed by atoms with E-state index in [4.69, 9.17) is 10.8 Å². The van der Waals surface area contributed by atoms with Gasteiger partial charge < -0.3 is 9.73 Å². The van der Waals surface area contributed by atoms with Crippen LogP contribution >= 0.6 is 0 Å². The molecule has 6 heteroatoms. The minimum atomic E-state index is -3.64. The van der Waals surface area contributed by atoms with Crippen molar-refractivity contribution in [1.29, 1.82) is 0 Å². The highest BCUT2D eigenvalue weighted by molar-refractivity contribution is 7.89. The fraction of sp³-hybridized carbons (Fsp3) is 0.571. The maximum Gasteiger partial charge on any atom is 0.274 e. The highest BCUT2D eigenvalue weighted by Gasteiger charge is 2.22. The minimum absolute atomic E-state index is 0.0683. The van der Waals surface area contributed by atoms with Gasteiger partial charge in [0.25, 0.3) is 10.0 Å². The third kappa shape index (κ3) is 5.00. The Morgan fingerprint density at radius 3 is 2.75 bits per heavy atom. The molecule has 2 N–H and O–H groups in total. The molecule has 1 aromatic heterocycles. The van der Waals surface area contributed by atoms with Crippen LogP contribution in [-0.2, 0) is 16.6 Å². The average molecular weight is 298 g/mol. The van der Waals surface area contributed by atoms with Crippen LogP contribution in [0.25, 0.3) is 0 Å². The molecule has 1 aromatic rings. The lowest BCUT2D eigenvalue weighted by atomic mass is 10.2. The average Bonchev–Trinajstić information content (AvgIpc) is 2.88. The summed E-state index contributed by atoms with van der Waals surface area (Å²) in [5, 5.41) is 3.08. The number of nitrogens with one attached hydrogen (secondary N) is 2. The number of rotatable bonds is 9. The van der Waals surface area contributed by atoms with Crippen molar-refractivity contribution >= 4 is 10.0 Å². The van der Waals surface area contributed by atoms with E-state index >= 15 is 0 Å². The molecule has 20 heavy (non-hydrogen) atoms. The van der Waals surface area contributed by atoms with Crippen molar-refractivity contribution in [3.05, 3.63) is 17.9 Å². The lowest BCUT2D eigenvalue weighted by Crippen LogP contribution is -2.33. The van der Waals surface area contributed by atoms with Gasteiger partial charge in [-0.3, -0.25) is 0 Å². The Morgan fingerprint density at radius 1 is 1.40 bits per heavy atom. The van der Waals surface area contributed by atoms with Crippen LogP contribution in [0.2, 0.25) is 0 Å². The Balaban J connectivity index is 2.70. The first-order chi connectivity index (χ1) is 9.53. The molecule has 0 aliphatic rings. The molecule has 0 spiro atoms. The standard InChI is InChI=1S/C14H22N2O3S/c1-4-7-12(6-3)16-20(17,18)14-9-8-13(19-14)11-15-10-5-2/h1,8-9,12,15-16H,5-7,10-11H2,2-3H3. The number of hydrogen-bond acceptors (Lipinski definition) is 4. The molecule has 1 unspecified atom stereocenters. The maximum absolute atomic E-state index is 12.1. The van der Waals surface area contributed by atoms with E-state index in [0.717, 1.165) is 13.0 Å². The molecular weight excluding hydrogens is 276 g/mol. The van der Waals surface area contributed by atoms with E-state index in [9.17, 15) is 8.42 Å². The molecule has 1 rings (SSSR count). The zero-order valence-electron chi connectivity index (χ0n) is 12.0. The molecule has 0 fully saturated rings. The van der Waals surface area contributed by atoms with Crippen LogP contribution in [-0.4, -0.2) is 21.0 Å². The molecule has 0 saturated carbocycles. The normalized spacial score (nSPS) is 13.1. The Labute approximate surface area is 121 Å². The molecule has 0 aliphatic carbocycles. The van der Waals surface area contributed by atoms with Crippen LogP contribution in [0.4, 0.5) is 0 Å². The van der Waals surface area contributed by atoms with Crippen LogP contribution in [0.1, 0.15) is 38.9 Å². The smallest absolute Gasteiger partial charge is 0.274 e. The van der Waals surface area contributed by atoms with Crippen LogP contribution < -0.4 is 10.0 Å². The largest absolute Gasteiger partial charge is 0.447 e. The zero-order chi connectivity index (χ0) is 15.0. The first-order valence-electron chi connectivity index (χ1n) is 6.78. The molecule has 1 heterocycles. The van der Waals surface area contributed by atoms with Gasteiger partial charge in [0.05, 0.1) is 6.54 Å². The summed E-state index contributed by atoms with van der Waals surface area (Å²) in [6.45, 7) is 5.32. The van der Waals surface area contributed by atoms with E-state index in [1.807, 2.05) is 6.92 Å². The summed E-state index contributed by atoms with van der Waals surface area (Å²) < 4.78 is 32.2. The van der Waals surface area contributed by atoms with Gasteiger partial charge in [-0.05, 0) is 31.5 Å². The van der Waals surface area contributed by atoms with E-state index in [0.29, 0.717) is 25.1 Å². The van der Waals surface area contributed by atoms with Crippen molar-refractivity contribution in [2.75, 3.05) is 6.54 Å². The molecule has 0 bridgehead atoms. The zero-order valence-corrected chi connectivity index (χ0v) is 12.8. The van der Waals surface area contributed by atoms with Gasteiger partial charge in [0, 0.05) is 12.5 Å². The minimum Gasteiger partial charge on any atom is -0.447 e. The van der Waals surface area contributed by atoms with Gasteiger partial charge >= 0.3 is 0 Å². The highest BCUT2D eigenvalue weighted by atomic mass is 32.2. The summed E-state index contributed by atoms with van der Waals surface area (Å²) in [5.74, 6) is 3.07. The number of sulfonamides is 1.